The summed E-state index contributed by atoms with van der Waals surface area (Å²) in [5.41, 5.74) is 5.47. The highest BCUT2D eigenvalue weighted by Crippen LogP contribution is 2.32. The van der Waals surface area contributed by atoms with E-state index in [4.69, 9.17) is 14.9 Å². The number of oxazole rings is 1. The van der Waals surface area contributed by atoms with Crippen LogP contribution < -0.4 is 15.8 Å². The van der Waals surface area contributed by atoms with Gasteiger partial charge in [-0.1, -0.05) is 6.07 Å². The van der Waals surface area contributed by atoms with Crippen molar-refractivity contribution < 1.29 is 27.7 Å². The van der Waals surface area contributed by atoms with Gasteiger partial charge in [0.1, 0.15) is 11.6 Å². The number of halogens is 2. The van der Waals surface area contributed by atoms with Crippen LogP contribution in [0.15, 0.2) is 40.8 Å². The molecule has 1 heterocycles. The molecule has 30 heavy (non-hydrogen) atoms. The van der Waals surface area contributed by atoms with Gasteiger partial charge in [-0.05, 0) is 18.2 Å². The summed E-state index contributed by atoms with van der Waals surface area (Å²) in [4.78, 5) is 27.1. The van der Waals surface area contributed by atoms with Crippen LogP contribution in [0, 0.1) is 21.7 Å². The molecule has 0 fully saturated rings. The molecule has 3 aromatic rings. The van der Waals surface area contributed by atoms with E-state index >= 15 is 0 Å². The fourth-order valence-corrected chi connectivity index (χ4v) is 2.68. The van der Waals surface area contributed by atoms with Crippen molar-refractivity contribution in [2.45, 2.75) is 13.1 Å². The normalized spacial score (nSPS) is 10.7. The second-order valence-corrected chi connectivity index (χ2v) is 6.06. The summed E-state index contributed by atoms with van der Waals surface area (Å²) in [6.45, 7) is -0.385. The summed E-state index contributed by atoms with van der Waals surface area (Å²) >= 11 is 0. The SMILES string of the molecule is COc1ccc(-c2nc(C(=O)NCc3ccc(F)cc3F)c(CN)o2)cc1[N+](=O)[O-]. The molecule has 0 unspecified atom stereocenters. The van der Waals surface area contributed by atoms with E-state index in [1.807, 2.05) is 0 Å². The molecule has 1 aromatic heterocycles. The maximum Gasteiger partial charge on any atom is 0.311 e. The first-order chi connectivity index (χ1) is 14.3. The molecule has 0 spiro atoms. The predicted octanol–water partition coefficient (Wildman–Crippen LogP) is 2.93. The van der Waals surface area contributed by atoms with Crippen LogP contribution in [-0.4, -0.2) is 22.9 Å². The zero-order valence-electron chi connectivity index (χ0n) is 15.6. The quantitative estimate of drug-likeness (QED) is 0.445. The number of hydrogen-bond donors (Lipinski definition) is 2. The Balaban J connectivity index is 1.86. The summed E-state index contributed by atoms with van der Waals surface area (Å²) in [6, 6.07) is 7.03. The van der Waals surface area contributed by atoms with Crippen molar-refractivity contribution in [1.29, 1.82) is 0 Å². The molecular weight excluding hydrogens is 402 g/mol. The predicted molar refractivity (Wildman–Crippen MR) is 101 cm³/mol. The van der Waals surface area contributed by atoms with Gasteiger partial charge < -0.3 is 20.2 Å². The van der Waals surface area contributed by atoms with Gasteiger partial charge in [0.05, 0.1) is 18.6 Å². The molecule has 3 N–H and O–H groups in total. The van der Waals surface area contributed by atoms with Gasteiger partial charge in [-0.25, -0.2) is 13.8 Å². The van der Waals surface area contributed by atoms with Crippen molar-refractivity contribution >= 4 is 11.6 Å². The number of nitro benzene ring substituents is 1. The summed E-state index contributed by atoms with van der Waals surface area (Å²) in [5.74, 6) is -2.20. The van der Waals surface area contributed by atoms with Crippen molar-refractivity contribution in [2.75, 3.05) is 7.11 Å². The number of nitrogens with one attached hydrogen (secondary N) is 1. The number of ether oxygens (including phenoxy) is 1. The van der Waals surface area contributed by atoms with Gasteiger partial charge in [0.25, 0.3) is 5.91 Å². The molecule has 0 saturated carbocycles. The topological polar surface area (TPSA) is 134 Å². The van der Waals surface area contributed by atoms with Crippen LogP contribution in [-0.2, 0) is 13.1 Å². The van der Waals surface area contributed by atoms with E-state index in [0.29, 0.717) is 6.07 Å². The fraction of sp³-hybridized carbons (Fsp3) is 0.158. The number of aromatic nitrogens is 1. The van der Waals surface area contributed by atoms with E-state index in [1.165, 1.54) is 31.4 Å². The molecular formula is C19H16F2N4O5. The number of benzene rings is 2. The highest BCUT2D eigenvalue weighted by atomic mass is 19.1. The first kappa shape index (κ1) is 20.9. The van der Waals surface area contributed by atoms with Crippen molar-refractivity contribution in [3.63, 3.8) is 0 Å². The van der Waals surface area contributed by atoms with Crippen LogP contribution in [0.1, 0.15) is 21.8 Å². The van der Waals surface area contributed by atoms with E-state index in [9.17, 15) is 23.7 Å². The van der Waals surface area contributed by atoms with E-state index in [1.54, 1.807) is 0 Å². The number of carbonyl (C=O) groups is 1. The molecule has 0 aliphatic heterocycles. The lowest BCUT2D eigenvalue weighted by Gasteiger charge is -2.05. The van der Waals surface area contributed by atoms with Crippen LogP contribution in [0.4, 0.5) is 14.5 Å². The minimum atomic E-state index is -0.805. The lowest BCUT2D eigenvalue weighted by Crippen LogP contribution is -2.25. The molecule has 0 atom stereocenters. The molecule has 0 bridgehead atoms. The van der Waals surface area contributed by atoms with Gasteiger partial charge in [0.15, 0.2) is 17.2 Å². The molecule has 11 heteroatoms. The summed E-state index contributed by atoms with van der Waals surface area (Å²) in [6.07, 6.45) is 0. The minimum Gasteiger partial charge on any atom is -0.490 e. The van der Waals surface area contributed by atoms with Gasteiger partial charge >= 0.3 is 5.69 Å². The third-order valence-electron chi connectivity index (χ3n) is 4.17. The third-order valence-corrected chi connectivity index (χ3v) is 4.17. The van der Waals surface area contributed by atoms with Gasteiger partial charge in [-0.3, -0.25) is 14.9 Å². The Morgan fingerprint density at radius 3 is 2.70 bits per heavy atom. The standard InChI is InChI=1S/C19H16F2N4O5/c1-29-15-5-3-10(6-14(15)25(27)28)19-24-17(16(8-22)30-19)18(26)23-9-11-2-4-12(20)7-13(11)21/h2-7H,8-9,22H2,1H3,(H,23,26). The molecule has 0 radical (unpaired) electrons. The van der Waals surface area contributed by atoms with Gasteiger partial charge in [0.2, 0.25) is 5.89 Å². The van der Waals surface area contributed by atoms with Crippen molar-refractivity contribution in [3.05, 3.63) is 75.2 Å². The van der Waals surface area contributed by atoms with Crippen LogP contribution in [0.5, 0.6) is 5.75 Å². The average molecular weight is 418 g/mol. The largest absolute Gasteiger partial charge is 0.490 e. The molecule has 9 nitrogen and oxygen atoms in total. The number of methoxy groups -OCH3 is 1. The van der Waals surface area contributed by atoms with Crippen LogP contribution in [0.2, 0.25) is 0 Å². The van der Waals surface area contributed by atoms with Gasteiger partial charge in [0, 0.05) is 29.8 Å². The maximum absolute atomic E-state index is 13.7. The van der Waals surface area contributed by atoms with Crippen molar-refractivity contribution in [1.82, 2.24) is 10.3 Å². The molecule has 3 rings (SSSR count). The number of carbonyl (C=O) groups excluding carboxylic acids is 1. The van der Waals surface area contributed by atoms with Crippen molar-refractivity contribution in [2.24, 2.45) is 5.73 Å². The minimum absolute atomic E-state index is 0.0422. The number of rotatable bonds is 7. The number of nitrogens with zero attached hydrogens (tertiary/aromatic N) is 2. The van der Waals surface area contributed by atoms with E-state index in [0.717, 1.165) is 6.07 Å². The maximum atomic E-state index is 13.7. The Bertz CT molecular complexity index is 1120. The van der Waals surface area contributed by atoms with E-state index < -0.39 is 22.5 Å². The van der Waals surface area contributed by atoms with Crippen LogP contribution in [0.25, 0.3) is 11.5 Å². The average Bonchev–Trinajstić information content (AvgIpc) is 3.17. The molecule has 2 aromatic carbocycles. The van der Waals surface area contributed by atoms with Crippen molar-refractivity contribution in [3.8, 4) is 17.2 Å². The number of nitrogens with two attached hydrogens (primary N) is 1. The second-order valence-electron chi connectivity index (χ2n) is 6.06. The smallest absolute Gasteiger partial charge is 0.311 e. The molecule has 0 saturated heterocycles. The molecule has 0 aliphatic carbocycles. The number of amides is 1. The summed E-state index contributed by atoms with van der Waals surface area (Å²) in [5, 5.41) is 13.7. The lowest BCUT2D eigenvalue weighted by atomic mass is 10.2. The first-order valence-electron chi connectivity index (χ1n) is 8.58. The second kappa shape index (κ2) is 8.66. The summed E-state index contributed by atoms with van der Waals surface area (Å²) in [7, 11) is 1.30. The Morgan fingerprint density at radius 1 is 1.30 bits per heavy atom. The fourth-order valence-electron chi connectivity index (χ4n) is 2.68. The molecule has 0 aliphatic rings. The van der Waals surface area contributed by atoms with Crippen LogP contribution in [0.3, 0.4) is 0 Å². The summed E-state index contributed by atoms with van der Waals surface area (Å²) < 4.78 is 37.1. The third kappa shape index (κ3) is 4.25. The van der Waals surface area contributed by atoms with Gasteiger partial charge in [-0.15, -0.1) is 0 Å². The van der Waals surface area contributed by atoms with E-state index in [2.05, 4.69) is 10.3 Å². The number of hydrogen-bond acceptors (Lipinski definition) is 7. The highest BCUT2D eigenvalue weighted by Gasteiger charge is 2.23. The zero-order valence-corrected chi connectivity index (χ0v) is 15.6. The number of nitro groups is 1. The highest BCUT2D eigenvalue weighted by molar-refractivity contribution is 5.93. The lowest BCUT2D eigenvalue weighted by molar-refractivity contribution is -0.385. The first-order valence-corrected chi connectivity index (χ1v) is 8.58. The monoisotopic (exact) mass is 418 g/mol. The molecule has 156 valence electrons. The van der Waals surface area contributed by atoms with E-state index in [-0.39, 0.29) is 53.0 Å². The Kier molecular flexibility index (Phi) is 6.02. The van der Waals surface area contributed by atoms with Gasteiger partial charge in [-0.2, -0.15) is 0 Å². The Hall–Kier alpha value is -3.86. The van der Waals surface area contributed by atoms with Crippen LogP contribution >= 0.6 is 0 Å². The Labute approximate surface area is 168 Å². The zero-order chi connectivity index (χ0) is 21.8. The molecule has 1 amide bonds. The Morgan fingerprint density at radius 2 is 2.07 bits per heavy atom.